The number of hydrogen-bond acceptors (Lipinski definition) is 3. The quantitative estimate of drug-likeness (QED) is 0.689. The second-order valence-corrected chi connectivity index (χ2v) is 6.87. The van der Waals surface area contributed by atoms with Crippen LogP contribution in [0.1, 0.15) is 45.2 Å². The van der Waals surface area contributed by atoms with Crippen molar-refractivity contribution in [1.29, 1.82) is 0 Å². The Morgan fingerprint density at radius 1 is 1.00 bits per heavy atom. The van der Waals surface area contributed by atoms with E-state index in [0.717, 1.165) is 22.2 Å². The molecule has 0 bridgehead atoms. The lowest BCUT2D eigenvalue weighted by Crippen LogP contribution is -2.25. The molecule has 0 radical (unpaired) electrons. The number of rotatable bonds is 4. The Hall–Kier alpha value is -2.62. The van der Waals surface area contributed by atoms with E-state index in [0.29, 0.717) is 11.6 Å². The molecule has 0 atom stereocenters. The van der Waals surface area contributed by atoms with Crippen LogP contribution in [0.2, 0.25) is 0 Å². The van der Waals surface area contributed by atoms with Crippen LogP contribution in [0.3, 0.4) is 0 Å². The predicted molar refractivity (Wildman–Crippen MR) is 102 cm³/mol. The minimum Gasteiger partial charge on any atom is -0.497 e. The molecule has 0 saturated carbocycles. The summed E-state index contributed by atoms with van der Waals surface area (Å²) in [6.45, 7) is 8.31. The molecule has 0 aliphatic rings. The second-order valence-electron chi connectivity index (χ2n) is 6.87. The molecular weight excluding hydrogens is 312 g/mol. The zero-order valence-electron chi connectivity index (χ0n) is 15.4. The van der Waals surface area contributed by atoms with E-state index in [1.54, 1.807) is 11.7 Å². The van der Waals surface area contributed by atoms with Crippen LogP contribution in [0.15, 0.2) is 47.3 Å². The molecule has 4 nitrogen and oxygen atoms in total. The summed E-state index contributed by atoms with van der Waals surface area (Å²) in [6, 6.07) is 14.1. The molecule has 0 saturated heterocycles. The highest BCUT2D eigenvalue weighted by Gasteiger charge is 2.15. The molecule has 0 spiro atoms. The fraction of sp³-hybridized carbons (Fsp3) is 0.333. The first kappa shape index (κ1) is 17.2. The van der Waals surface area contributed by atoms with Gasteiger partial charge in [0.15, 0.2) is 0 Å². The highest BCUT2D eigenvalue weighted by molar-refractivity contribution is 5.93. The van der Waals surface area contributed by atoms with Crippen molar-refractivity contribution in [2.45, 2.75) is 39.7 Å². The Labute approximate surface area is 148 Å². The maximum absolute atomic E-state index is 12.6. The van der Waals surface area contributed by atoms with Gasteiger partial charge in [0.25, 0.3) is 0 Å². The first-order chi connectivity index (χ1) is 11.9. The fourth-order valence-electron chi connectivity index (χ4n) is 3.10. The Bertz CT molecular complexity index is 954. The van der Waals surface area contributed by atoms with Crippen molar-refractivity contribution in [3.8, 4) is 17.0 Å². The van der Waals surface area contributed by atoms with Gasteiger partial charge in [-0.3, -0.25) is 4.57 Å². The van der Waals surface area contributed by atoms with Crippen molar-refractivity contribution < 1.29 is 4.74 Å². The molecule has 1 aromatic heterocycles. The van der Waals surface area contributed by atoms with Crippen LogP contribution in [0.25, 0.3) is 22.2 Å². The van der Waals surface area contributed by atoms with Gasteiger partial charge in [0.2, 0.25) is 0 Å². The molecule has 2 aromatic carbocycles. The van der Waals surface area contributed by atoms with Crippen molar-refractivity contribution in [3.63, 3.8) is 0 Å². The third-order valence-electron chi connectivity index (χ3n) is 4.50. The summed E-state index contributed by atoms with van der Waals surface area (Å²) in [5, 5.41) is 0.921. The normalized spacial score (nSPS) is 11.5. The van der Waals surface area contributed by atoms with E-state index >= 15 is 0 Å². The molecule has 1 heterocycles. The standard InChI is InChI=1S/C21H24N2O2/c1-13(2)15-6-8-16(9-7-15)20-18-12-17(25-5)10-11-19(18)23(14(3)4)21(24)22-20/h6-14H,1-5H3. The van der Waals surface area contributed by atoms with E-state index in [-0.39, 0.29) is 11.7 Å². The lowest BCUT2D eigenvalue weighted by Gasteiger charge is -2.16. The highest BCUT2D eigenvalue weighted by Crippen LogP contribution is 2.30. The SMILES string of the molecule is COc1ccc2c(c1)c(-c1ccc(C(C)C)cc1)nc(=O)n2C(C)C. The lowest BCUT2D eigenvalue weighted by atomic mass is 9.99. The number of nitrogens with zero attached hydrogens (tertiary/aromatic N) is 2. The average Bonchev–Trinajstić information content (AvgIpc) is 2.60. The summed E-state index contributed by atoms with van der Waals surface area (Å²) in [5.74, 6) is 1.22. The Kier molecular flexibility index (Phi) is 4.62. The highest BCUT2D eigenvalue weighted by atomic mass is 16.5. The van der Waals surface area contributed by atoms with Crippen molar-refractivity contribution in [1.82, 2.24) is 9.55 Å². The van der Waals surface area contributed by atoms with Crippen molar-refractivity contribution >= 4 is 10.9 Å². The number of methoxy groups -OCH3 is 1. The maximum Gasteiger partial charge on any atom is 0.348 e. The van der Waals surface area contributed by atoms with E-state index < -0.39 is 0 Å². The van der Waals surface area contributed by atoms with Gasteiger partial charge in [-0.2, -0.15) is 4.98 Å². The topological polar surface area (TPSA) is 44.1 Å². The van der Waals surface area contributed by atoms with E-state index in [4.69, 9.17) is 4.74 Å². The number of hydrogen-bond donors (Lipinski definition) is 0. The van der Waals surface area contributed by atoms with Crippen LogP contribution in [0.5, 0.6) is 5.75 Å². The Morgan fingerprint density at radius 2 is 1.68 bits per heavy atom. The minimum absolute atomic E-state index is 0.0354. The van der Waals surface area contributed by atoms with Gasteiger partial charge >= 0.3 is 5.69 Å². The molecule has 0 aliphatic heterocycles. The molecule has 0 aliphatic carbocycles. The number of aromatic nitrogens is 2. The predicted octanol–water partition coefficient (Wildman–Crippen LogP) is 4.78. The molecule has 3 aromatic rings. The van der Waals surface area contributed by atoms with Crippen LogP contribution >= 0.6 is 0 Å². The molecule has 0 fully saturated rings. The smallest absolute Gasteiger partial charge is 0.348 e. The first-order valence-electron chi connectivity index (χ1n) is 8.63. The molecule has 0 N–H and O–H groups in total. The van der Waals surface area contributed by atoms with Crippen molar-refractivity contribution in [2.75, 3.05) is 7.11 Å². The maximum atomic E-state index is 12.6. The molecule has 130 valence electrons. The molecule has 3 rings (SSSR count). The van der Waals surface area contributed by atoms with Gasteiger partial charge in [0.1, 0.15) is 5.75 Å². The van der Waals surface area contributed by atoms with Gasteiger partial charge in [0, 0.05) is 17.0 Å². The summed E-state index contributed by atoms with van der Waals surface area (Å²) in [4.78, 5) is 17.0. The van der Waals surface area contributed by atoms with Crippen molar-refractivity contribution in [2.24, 2.45) is 0 Å². The third-order valence-corrected chi connectivity index (χ3v) is 4.50. The zero-order chi connectivity index (χ0) is 18.1. The monoisotopic (exact) mass is 336 g/mol. The Morgan fingerprint density at radius 3 is 2.24 bits per heavy atom. The van der Waals surface area contributed by atoms with Crippen LogP contribution in [0.4, 0.5) is 0 Å². The third kappa shape index (κ3) is 3.16. The van der Waals surface area contributed by atoms with Gasteiger partial charge in [-0.05, 0) is 43.5 Å². The van der Waals surface area contributed by atoms with E-state index in [1.165, 1.54) is 5.56 Å². The minimum atomic E-state index is -0.226. The van der Waals surface area contributed by atoms with E-state index in [9.17, 15) is 4.79 Å². The number of fused-ring (bicyclic) bond motifs is 1. The molecule has 0 amide bonds. The molecule has 25 heavy (non-hydrogen) atoms. The van der Waals surface area contributed by atoms with E-state index in [2.05, 4.69) is 31.0 Å². The van der Waals surface area contributed by atoms with Gasteiger partial charge in [-0.25, -0.2) is 4.79 Å². The van der Waals surface area contributed by atoms with E-state index in [1.807, 2.05) is 44.2 Å². The van der Waals surface area contributed by atoms with Crippen LogP contribution in [-0.4, -0.2) is 16.7 Å². The first-order valence-corrected chi connectivity index (χ1v) is 8.63. The van der Waals surface area contributed by atoms with Gasteiger partial charge in [0.05, 0.1) is 18.3 Å². The molecule has 0 unspecified atom stereocenters. The van der Waals surface area contributed by atoms with Crippen LogP contribution in [-0.2, 0) is 0 Å². The molecule has 4 heteroatoms. The zero-order valence-corrected chi connectivity index (χ0v) is 15.4. The summed E-state index contributed by atoms with van der Waals surface area (Å²) in [6.07, 6.45) is 0. The second kappa shape index (κ2) is 6.71. The van der Waals surface area contributed by atoms with Gasteiger partial charge in [-0.1, -0.05) is 38.1 Å². The largest absolute Gasteiger partial charge is 0.497 e. The van der Waals surface area contributed by atoms with Crippen LogP contribution in [0, 0.1) is 0 Å². The number of ether oxygens (including phenoxy) is 1. The van der Waals surface area contributed by atoms with Gasteiger partial charge < -0.3 is 4.74 Å². The number of benzene rings is 2. The van der Waals surface area contributed by atoms with Crippen molar-refractivity contribution in [3.05, 3.63) is 58.5 Å². The fourth-order valence-corrected chi connectivity index (χ4v) is 3.10. The Balaban J connectivity index is 2.30. The summed E-state index contributed by atoms with van der Waals surface area (Å²) < 4.78 is 7.10. The summed E-state index contributed by atoms with van der Waals surface area (Å²) in [5.41, 5.74) is 3.55. The van der Waals surface area contributed by atoms with Gasteiger partial charge in [-0.15, -0.1) is 0 Å². The summed E-state index contributed by atoms with van der Waals surface area (Å²) >= 11 is 0. The van der Waals surface area contributed by atoms with Crippen LogP contribution < -0.4 is 10.4 Å². The molecular formula is C21H24N2O2. The lowest BCUT2D eigenvalue weighted by molar-refractivity contribution is 0.415. The summed E-state index contributed by atoms with van der Waals surface area (Å²) in [7, 11) is 1.64. The average molecular weight is 336 g/mol.